The average molecular weight is 275 g/mol. The van der Waals surface area contributed by atoms with Crippen LogP contribution >= 0.6 is 0 Å². The van der Waals surface area contributed by atoms with E-state index < -0.39 is 0 Å². The second kappa shape index (κ2) is 7.77. The van der Waals surface area contributed by atoms with Gasteiger partial charge in [-0.1, -0.05) is 44.2 Å². The van der Waals surface area contributed by atoms with Gasteiger partial charge in [0.1, 0.15) is 0 Å². The smallest absolute Gasteiger partial charge is 0.0307 e. The summed E-state index contributed by atoms with van der Waals surface area (Å²) in [6.07, 6.45) is 2.36. The van der Waals surface area contributed by atoms with Crippen molar-refractivity contribution in [1.82, 2.24) is 9.80 Å². The van der Waals surface area contributed by atoms with Crippen LogP contribution in [0.1, 0.15) is 38.3 Å². The van der Waals surface area contributed by atoms with Gasteiger partial charge in [0, 0.05) is 25.2 Å². The number of nitrogens with zero attached hydrogens (tertiary/aromatic N) is 2. The number of benzene rings is 1. The lowest BCUT2D eigenvalue weighted by Gasteiger charge is -2.26. The normalized spacial score (nSPS) is 21.5. The molecule has 2 unspecified atom stereocenters. The van der Waals surface area contributed by atoms with Gasteiger partial charge in [0.2, 0.25) is 0 Å². The van der Waals surface area contributed by atoms with Crippen LogP contribution < -0.4 is 5.73 Å². The molecule has 2 atom stereocenters. The van der Waals surface area contributed by atoms with Crippen molar-refractivity contribution < 1.29 is 0 Å². The molecule has 2 N–H and O–H groups in total. The van der Waals surface area contributed by atoms with Crippen molar-refractivity contribution in [1.29, 1.82) is 0 Å². The van der Waals surface area contributed by atoms with Crippen LogP contribution in [-0.4, -0.2) is 48.6 Å². The van der Waals surface area contributed by atoms with E-state index in [9.17, 15) is 0 Å². The van der Waals surface area contributed by atoms with Crippen LogP contribution in [0.4, 0.5) is 0 Å². The number of likely N-dealkylation sites (N-methyl/N-ethyl adjacent to an activating group) is 1. The van der Waals surface area contributed by atoms with Gasteiger partial charge in [0.25, 0.3) is 0 Å². The molecule has 20 heavy (non-hydrogen) atoms. The minimum Gasteiger partial charge on any atom is -0.324 e. The lowest BCUT2D eigenvalue weighted by molar-refractivity contribution is 0.209. The summed E-state index contributed by atoms with van der Waals surface area (Å²) >= 11 is 0. The monoisotopic (exact) mass is 275 g/mol. The molecule has 1 aromatic carbocycles. The molecule has 1 aliphatic heterocycles. The van der Waals surface area contributed by atoms with Gasteiger partial charge in [-0.15, -0.1) is 0 Å². The summed E-state index contributed by atoms with van der Waals surface area (Å²) in [7, 11) is 0. The summed E-state index contributed by atoms with van der Waals surface area (Å²) in [5.41, 5.74) is 7.54. The SMILES string of the molecule is CCN(CC)C1CCN(CCC(N)c2ccccc2)C1. The van der Waals surface area contributed by atoms with Crippen LogP contribution in [0.25, 0.3) is 0 Å². The third kappa shape index (κ3) is 4.05. The first-order valence-electron chi connectivity index (χ1n) is 8.01. The lowest BCUT2D eigenvalue weighted by atomic mass is 10.0. The van der Waals surface area contributed by atoms with Gasteiger partial charge in [-0.3, -0.25) is 4.90 Å². The van der Waals surface area contributed by atoms with E-state index >= 15 is 0 Å². The van der Waals surface area contributed by atoms with Crippen LogP contribution in [0.15, 0.2) is 30.3 Å². The van der Waals surface area contributed by atoms with Gasteiger partial charge >= 0.3 is 0 Å². The summed E-state index contributed by atoms with van der Waals surface area (Å²) in [5, 5.41) is 0. The van der Waals surface area contributed by atoms with Crippen molar-refractivity contribution in [2.75, 3.05) is 32.7 Å². The van der Waals surface area contributed by atoms with Crippen molar-refractivity contribution >= 4 is 0 Å². The van der Waals surface area contributed by atoms with Crippen molar-refractivity contribution in [3.63, 3.8) is 0 Å². The molecule has 0 aliphatic carbocycles. The van der Waals surface area contributed by atoms with Gasteiger partial charge in [-0.05, 0) is 38.0 Å². The van der Waals surface area contributed by atoms with Crippen molar-refractivity contribution in [2.45, 2.75) is 38.8 Å². The number of nitrogens with two attached hydrogens (primary N) is 1. The summed E-state index contributed by atoms with van der Waals surface area (Å²) in [6, 6.07) is 11.4. The number of hydrogen-bond donors (Lipinski definition) is 1. The molecule has 0 bridgehead atoms. The number of hydrogen-bond acceptors (Lipinski definition) is 3. The van der Waals surface area contributed by atoms with E-state index in [0.717, 1.165) is 19.0 Å². The van der Waals surface area contributed by atoms with Crippen LogP contribution in [-0.2, 0) is 0 Å². The first kappa shape index (κ1) is 15.5. The van der Waals surface area contributed by atoms with Gasteiger partial charge in [0.05, 0.1) is 0 Å². The predicted octanol–water partition coefficient (Wildman–Crippen LogP) is 2.49. The first-order chi connectivity index (χ1) is 9.74. The van der Waals surface area contributed by atoms with Gasteiger partial charge < -0.3 is 10.6 Å². The van der Waals surface area contributed by atoms with E-state index in [1.165, 1.54) is 38.2 Å². The Morgan fingerprint density at radius 1 is 1.25 bits per heavy atom. The Balaban J connectivity index is 1.76. The van der Waals surface area contributed by atoms with E-state index in [-0.39, 0.29) is 6.04 Å². The van der Waals surface area contributed by atoms with E-state index in [2.05, 4.69) is 47.9 Å². The molecule has 112 valence electrons. The highest BCUT2D eigenvalue weighted by atomic mass is 15.2. The summed E-state index contributed by atoms with van der Waals surface area (Å²) in [5.74, 6) is 0. The highest BCUT2D eigenvalue weighted by Gasteiger charge is 2.25. The Hall–Kier alpha value is -0.900. The minimum atomic E-state index is 0.170. The Morgan fingerprint density at radius 2 is 1.95 bits per heavy atom. The molecule has 0 aromatic heterocycles. The topological polar surface area (TPSA) is 32.5 Å². The van der Waals surface area contributed by atoms with Crippen LogP contribution in [0.3, 0.4) is 0 Å². The molecule has 1 fully saturated rings. The highest BCUT2D eigenvalue weighted by Crippen LogP contribution is 2.18. The maximum atomic E-state index is 6.28. The predicted molar refractivity (Wildman–Crippen MR) is 85.8 cm³/mol. The largest absolute Gasteiger partial charge is 0.324 e. The third-order valence-corrected chi connectivity index (χ3v) is 4.56. The molecule has 1 aliphatic rings. The van der Waals surface area contributed by atoms with Crippen molar-refractivity contribution in [3.8, 4) is 0 Å². The second-order valence-corrected chi connectivity index (χ2v) is 5.77. The molecule has 1 aromatic rings. The average Bonchev–Trinajstić information content (AvgIpc) is 2.96. The van der Waals surface area contributed by atoms with Crippen molar-refractivity contribution in [3.05, 3.63) is 35.9 Å². The lowest BCUT2D eigenvalue weighted by Crippen LogP contribution is -2.37. The van der Waals surface area contributed by atoms with E-state index in [1.807, 2.05) is 6.07 Å². The van der Waals surface area contributed by atoms with Crippen LogP contribution in [0, 0.1) is 0 Å². The summed E-state index contributed by atoms with van der Waals surface area (Å²) < 4.78 is 0. The van der Waals surface area contributed by atoms with Gasteiger partial charge in [-0.2, -0.15) is 0 Å². The molecule has 0 saturated carbocycles. The highest BCUT2D eigenvalue weighted by molar-refractivity contribution is 5.18. The molecule has 0 radical (unpaired) electrons. The number of likely N-dealkylation sites (tertiary alicyclic amines) is 1. The minimum absolute atomic E-state index is 0.170. The standard InChI is InChI=1S/C17H29N3/c1-3-20(4-2)16-10-12-19(14-16)13-11-17(18)15-8-6-5-7-9-15/h5-9,16-17H,3-4,10-14,18H2,1-2H3. The molecule has 0 spiro atoms. The Kier molecular flexibility index (Phi) is 6.02. The Labute approximate surface area is 123 Å². The quantitative estimate of drug-likeness (QED) is 0.830. The van der Waals surface area contributed by atoms with E-state index in [0.29, 0.717) is 0 Å². The second-order valence-electron chi connectivity index (χ2n) is 5.77. The Morgan fingerprint density at radius 3 is 2.60 bits per heavy atom. The molecular weight excluding hydrogens is 246 g/mol. The Bertz CT molecular complexity index is 375. The maximum Gasteiger partial charge on any atom is 0.0307 e. The molecule has 1 saturated heterocycles. The van der Waals surface area contributed by atoms with E-state index in [4.69, 9.17) is 5.73 Å². The molecule has 0 amide bonds. The summed E-state index contributed by atoms with van der Waals surface area (Å²) in [6.45, 7) is 10.4. The van der Waals surface area contributed by atoms with Gasteiger partial charge in [-0.25, -0.2) is 0 Å². The summed E-state index contributed by atoms with van der Waals surface area (Å²) in [4.78, 5) is 5.16. The third-order valence-electron chi connectivity index (χ3n) is 4.56. The van der Waals surface area contributed by atoms with Crippen LogP contribution in [0.5, 0.6) is 0 Å². The fraction of sp³-hybridized carbons (Fsp3) is 0.647. The molecule has 1 heterocycles. The zero-order chi connectivity index (χ0) is 14.4. The molecule has 2 rings (SSSR count). The zero-order valence-corrected chi connectivity index (χ0v) is 13.0. The fourth-order valence-corrected chi connectivity index (χ4v) is 3.24. The van der Waals surface area contributed by atoms with Gasteiger partial charge in [0.15, 0.2) is 0 Å². The fourth-order valence-electron chi connectivity index (χ4n) is 3.24. The molecule has 3 heteroatoms. The molecular formula is C17H29N3. The van der Waals surface area contributed by atoms with E-state index in [1.54, 1.807) is 0 Å². The van der Waals surface area contributed by atoms with Crippen LogP contribution in [0.2, 0.25) is 0 Å². The maximum absolute atomic E-state index is 6.28. The van der Waals surface area contributed by atoms with Crippen molar-refractivity contribution in [2.24, 2.45) is 5.73 Å². The molecule has 3 nitrogen and oxygen atoms in total. The zero-order valence-electron chi connectivity index (χ0n) is 13.0. The number of rotatable bonds is 7. The first-order valence-corrected chi connectivity index (χ1v) is 8.01.